The fraction of sp³-hybridized carbons (Fsp3) is 0.312. The van der Waals surface area contributed by atoms with E-state index in [4.69, 9.17) is 0 Å². The summed E-state index contributed by atoms with van der Waals surface area (Å²) >= 11 is 3.15. The zero-order chi connectivity index (χ0) is 17.3. The lowest BCUT2D eigenvalue weighted by molar-refractivity contribution is 0.580. The van der Waals surface area contributed by atoms with E-state index in [1.807, 2.05) is 48.4 Å². The Morgan fingerprint density at radius 3 is 2.71 bits per heavy atom. The van der Waals surface area contributed by atoms with Crippen molar-refractivity contribution < 1.29 is 8.42 Å². The van der Waals surface area contributed by atoms with Crippen LogP contribution < -0.4 is 4.72 Å². The van der Waals surface area contributed by atoms with E-state index in [0.717, 1.165) is 16.4 Å². The van der Waals surface area contributed by atoms with E-state index in [-0.39, 0.29) is 0 Å². The van der Waals surface area contributed by atoms with Crippen molar-refractivity contribution in [2.45, 2.75) is 25.2 Å². The van der Waals surface area contributed by atoms with Gasteiger partial charge in [0.05, 0.1) is 5.69 Å². The summed E-state index contributed by atoms with van der Waals surface area (Å²) in [4.78, 5) is 5.94. The molecule has 0 spiro atoms. The van der Waals surface area contributed by atoms with Gasteiger partial charge in [-0.1, -0.05) is 6.07 Å². The highest BCUT2D eigenvalue weighted by Crippen LogP contribution is 2.29. The van der Waals surface area contributed by atoms with Gasteiger partial charge in [-0.25, -0.2) is 18.1 Å². The molecule has 0 aliphatic rings. The third-order valence-corrected chi connectivity index (χ3v) is 7.36. The molecule has 0 fully saturated rings. The lowest BCUT2D eigenvalue weighted by Crippen LogP contribution is -2.26. The number of thiophene rings is 1. The molecule has 3 rings (SSSR count). The van der Waals surface area contributed by atoms with Crippen molar-refractivity contribution in [1.82, 2.24) is 14.3 Å². The number of nitrogens with zero attached hydrogens (tertiary/aromatic N) is 2. The summed E-state index contributed by atoms with van der Waals surface area (Å²) in [6.07, 6.45) is 0.696. The van der Waals surface area contributed by atoms with Crippen molar-refractivity contribution in [1.29, 1.82) is 0 Å². The van der Waals surface area contributed by atoms with Crippen molar-refractivity contribution in [2.75, 3.05) is 6.54 Å². The lowest BCUT2D eigenvalue weighted by Gasteiger charge is -2.06. The molecule has 0 aliphatic carbocycles. The summed E-state index contributed by atoms with van der Waals surface area (Å²) in [5.41, 5.74) is 2.47. The zero-order valence-corrected chi connectivity index (χ0v) is 16.2. The summed E-state index contributed by atoms with van der Waals surface area (Å²) in [7, 11) is -1.67. The molecular formula is C16H19N3O2S3. The standard InChI is InChI=1S/C16H19N3O2S3/c1-11-10-23-16(18-11)14-9-15(12(2)19(14)3)24(20,21)17-7-6-13-5-4-8-22-13/h4-5,8-10,17H,6-7H2,1-3H3. The quantitative estimate of drug-likeness (QED) is 0.712. The summed E-state index contributed by atoms with van der Waals surface area (Å²) in [5, 5.41) is 4.79. The highest BCUT2D eigenvalue weighted by molar-refractivity contribution is 7.89. The number of thiazole rings is 1. The number of aryl methyl sites for hydroxylation is 1. The molecule has 5 nitrogen and oxygen atoms in total. The van der Waals surface area contributed by atoms with Crippen molar-refractivity contribution in [3.63, 3.8) is 0 Å². The number of hydrogen-bond donors (Lipinski definition) is 1. The number of aromatic nitrogens is 2. The van der Waals surface area contributed by atoms with Crippen LogP contribution in [-0.4, -0.2) is 24.5 Å². The molecule has 0 atom stereocenters. The molecule has 0 saturated carbocycles. The predicted molar refractivity (Wildman–Crippen MR) is 99.2 cm³/mol. The molecule has 0 bridgehead atoms. The molecule has 0 unspecified atom stereocenters. The van der Waals surface area contributed by atoms with E-state index < -0.39 is 10.0 Å². The van der Waals surface area contributed by atoms with Crippen molar-refractivity contribution in [3.8, 4) is 10.7 Å². The van der Waals surface area contributed by atoms with Crippen molar-refractivity contribution in [3.05, 3.63) is 45.2 Å². The Morgan fingerprint density at radius 1 is 1.29 bits per heavy atom. The van der Waals surface area contributed by atoms with Gasteiger partial charge in [0.15, 0.2) is 0 Å². The smallest absolute Gasteiger partial charge is 0.242 e. The number of hydrogen-bond acceptors (Lipinski definition) is 5. The van der Waals surface area contributed by atoms with Crippen LogP contribution >= 0.6 is 22.7 Å². The molecule has 1 N–H and O–H groups in total. The fourth-order valence-electron chi connectivity index (χ4n) is 2.46. The second kappa shape index (κ2) is 6.79. The maximum Gasteiger partial charge on any atom is 0.242 e. The fourth-order valence-corrected chi connectivity index (χ4v) is 5.34. The van der Waals surface area contributed by atoms with Crippen LogP contribution in [-0.2, 0) is 23.5 Å². The van der Waals surface area contributed by atoms with Crippen LogP contribution in [0, 0.1) is 13.8 Å². The number of rotatable bonds is 6. The van der Waals surface area contributed by atoms with Crippen LogP contribution in [0.15, 0.2) is 33.9 Å². The Bertz CT molecular complexity index is 938. The van der Waals surface area contributed by atoms with Crippen LogP contribution in [0.4, 0.5) is 0 Å². The lowest BCUT2D eigenvalue weighted by atomic mass is 10.3. The second-order valence-electron chi connectivity index (χ2n) is 5.56. The minimum atomic E-state index is -3.54. The summed E-state index contributed by atoms with van der Waals surface area (Å²) in [6.45, 7) is 4.14. The maximum absolute atomic E-state index is 12.6. The Hall–Kier alpha value is -1.48. The normalized spacial score (nSPS) is 12.0. The first kappa shape index (κ1) is 17.3. The summed E-state index contributed by atoms with van der Waals surface area (Å²) in [6, 6.07) is 5.69. The first-order chi connectivity index (χ1) is 11.4. The van der Waals surface area contributed by atoms with Gasteiger partial charge in [0, 0.05) is 35.2 Å². The summed E-state index contributed by atoms with van der Waals surface area (Å²) in [5.74, 6) is 0. The minimum Gasteiger partial charge on any atom is -0.345 e. The van der Waals surface area contributed by atoms with Crippen LogP contribution in [0.5, 0.6) is 0 Å². The molecular weight excluding hydrogens is 362 g/mol. The molecule has 3 heterocycles. The molecule has 0 aromatic carbocycles. The van der Waals surface area contributed by atoms with Gasteiger partial charge < -0.3 is 4.57 Å². The van der Waals surface area contributed by atoms with Crippen molar-refractivity contribution in [2.24, 2.45) is 7.05 Å². The van der Waals surface area contributed by atoms with Gasteiger partial charge in [0.25, 0.3) is 0 Å². The van der Waals surface area contributed by atoms with E-state index in [2.05, 4.69) is 9.71 Å². The number of sulfonamides is 1. The largest absolute Gasteiger partial charge is 0.345 e. The Labute approximate surface area is 150 Å². The Kier molecular flexibility index (Phi) is 4.91. The number of nitrogens with one attached hydrogen (secondary N) is 1. The molecule has 0 radical (unpaired) electrons. The third-order valence-electron chi connectivity index (χ3n) is 3.86. The second-order valence-corrected chi connectivity index (χ2v) is 9.19. The van der Waals surface area contributed by atoms with Crippen LogP contribution in [0.1, 0.15) is 16.3 Å². The Balaban J connectivity index is 1.82. The molecule has 24 heavy (non-hydrogen) atoms. The van der Waals surface area contributed by atoms with Crippen LogP contribution in [0.2, 0.25) is 0 Å². The van der Waals surface area contributed by atoms with Crippen LogP contribution in [0.3, 0.4) is 0 Å². The topological polar surface area (TPSA) is 64.0 Å². The first-order valence-electron chi connectivity index (χ1n) is 7.49. The van der Waals surface area contributed by atoms with Gasteiger partial charge in [-0.2, -0.15) is 0 Å². The highest BCUT2D eigenvalue weighted by atomic mass is 32.2. The molecule has 128 valence electrons. The van der Waals surface area contributed by atoms with Crippen molar-refractivity contribution >= 4 is 32.7 Å². The molecule has 0 saturated heterocycles. The van der Waals surface area contributed by atoms with Gasteiger partial charge in [-0.05, 0) is 37.8 Å². The molecule has 0 amide bonds. The van der Waals surface area contributed by atoms with Gasteiger partial charge in [0.1, 0.15) is 9.90 Å². The van der Waals surface area contributed by atoms with E-state index in [9.17, 15) is 8.42 Å². The van der Waals surface area contributed by atoms with E-state index in [0.29, 0.717) is 23.6 Å². The van der Waals surface area contributed by atoms with E-state index >= 15 is 0 Å². The molecule has 3 aromatic heterocycles. The first-order valence-corrected chi connectivity index (χ1v) is 10.7. The molecule has 0 aliphatic heterocycles. The van der Waals surface area contributed by atoms with E-state index in [1.165, 1.54) is 16.2 Å². The minimum absolute atomic E-state index is 0.319. The van der Waals surface area contributed by atoms with E-state index in [1.54, 1.807) is 17.4 Å². The Morgan fingerprint density at radius 2 is 2.08 bits per heavy atom. The maximum atomic E-state index is 12.6. The van der Waals surface area contributed by atoms with Gasteiger partial charge in [0.2, 0.25) is 10.0 Å². The predicted octanol–water partition coefficient (Wildman–Crippen LogP) is 3.35. The zero-order valence-electron chi connectivity index (χ0n) is 13.7. The molecule has 8 heteroatoms. The van der Waals surface area contributed by atoms with Gasteiger partial charge in [-0.15, -0.1) is 22.7 Å². The van der Waals surface area contributed by atoms with Crippen LogP contribution in [0.25, 0.3) is 10.7 Å². The average molecular weight is 382 g/mol. The third kappa shape index (κ3) is 3.46. The van der Waals surface area contributed by atoms with Gasteiger partial charge in [-0.3, -0.25) is 0 Å². The SMILES string of the molecule is Cc1csc(-c2cc(S(=O)(=O)NCCc3cccs3)c(C)n2C)n1. The average Bonchev–Trinajstić information content (AvgIpc) is 3.23. The summed E-state index contributed by atoms with van der Waals surface area (Å²) < 4.78 is 29.9. The van der Waals surface area contributed by atoms with Gasteiger partial charge >= 0.3 is 0 Å². The molecule has 3 aromatic rings. The monoisotopic (exact) mass is 381 g/mol. The highest BCUT2D eigenvalue weighted by Gasteiger charge is 2.22.